The largest absolute Gasteiger partial charge is 0.493 e. The van der Waals surface area contributed by atoms with Crippen molar-refractivity contribution in [1.82, 2.24) is 4.98 Å². The first kappa shape index (κ1) is 14.2. The Balaban J connectivity index is 2.30. The first-order valence-electron chi connectivity index (χ1n) is 6.98. The number of H-pyrrole nitrogens is 1. The van der Waals surface area contributed by atoms with Crippen LogP contribution in [0.15, 0.2) is 36.4 Å². The Morgan fingerprint density at radius 2 is 1.86 bits per heavy atom. The predicted molar refractivity (Wildman–Crippen MR) is 87.0 cm³/mol. The molecular formula is C18H17NO3. The minimum Gasteiger partial charge on any atom is -0.493 e. The number of aromatic amines is 1. The van der Waals surface area contributed by atoms with E-state index < -0.39 is 0 Å². The Labute approximate surface area is 128 Å². The van der Waals surface area contributed by atoms with Gasteiger partial charge in [0.2, 0.25) is 0 Å². The fourth-order valence-electron chi connectivity index (χ4n) is 2.70. The zero-order valence-corrected chi connectivity index (χ0v) is 12.8. The molecule has 0 aliphatic carbocycles. The fraction of sp³-hybridized carbons (Fsp3) is 0.167. The lowest BCUT2D eigenvalue weighted by Crippen LogP contribution is -1.97. The van der Waals surface area contributed by atoms with E-state index in [9.17, 15) is 4.79 Å². The number of aryl methyl sites for hydroxylation is 1. The molecule has 1 heterocycles. The molecule has 22 heavy (non-hydrogen) atoms. The Hall–Kier alpha value is -2.75. The van der Waals surface area contributed by atoms with Gasteiger partial charge in [0.25, 0.3) is 0 Å². The summed E-state index contributed by atoms with van der Waals surface area (Å²) in [4.78, 5) is 14.8. The Morgan fingerprint density at radius 3 is 2.55 bits per heavy atom. The number of ether oxygens (including phenoxy) is 2. The highest BCUT2D eigenvalue weighted by atomic mass is 16.5. The van der Waals surface area contributed by atoms with Crippen molar-refractivity contribution >= 4 is 17.2 Å². The molecule has 2 aromatic carbocycles. The summed E-state index contributed by atoms with van der Waals surface area (Å²) in [5, 5.41) is 1.09. The Bertz CT molecular complexity index is 849. The van der Waals surface area contributed by atoms with Crippen LogP contribution < -0.4 is 9.47 Å². The normalized spacial score (nSPS) is 10.7. The molecule has 0 aliphatic rings. The van der Waals surface area contributed by atoms with Crippen LogP contribution in [0.3, 0.4) is 0 Å². The highest BCUT2D eigenvalue weighted by Crippen LogP contribution is 2.40. The SMILES string of the molecule is COc1ccc(C=O)c(-c2cc3cc(C)ccc3[nH]2)c1OC. The molecule has 0 saturated carbocycles. The molecule has 4 heteroatoms. The van der Waals surface area contributed by atoms with Gasteiger partial charge in [0.1, 0.15) is 0 Å². The van der Waals surface area contributed by atoms with Gasteiger partial charge in [0.05, 0.1) is 25.5 Å². The standard InChI is InChI=1S/C18H17NO3/c1-11-4-6-14-13(8-11)9-15(19-14)17-12(10-20)5-7-16(21-2)18(17)22-3/h4-10,19H,1-3H3. The number of rotatable bonds is 4. The third kappa shape index (κ3) is 2.22. The quantitative estimate of drug-likeness (QED) is 0.741. The molecule has 112 valence electrons. The summed E-state index contributed by atoms with van der Waals surface area (Å²) in [5.41, 5.74) is 4.30. The van der Waals surface area contributed by atoms with Crippen molar-refractivity contribution < 1.29 is 14.3 Å². The number of benzene rings is 2. The topological polar surface area (TPSA) is 51.3 Å². The van der Waals surface area contributed by atoms with Crippen LogP contribution in [-0.2, 0) is 0 Å². The monoisotopic (exact) mass is 295 g/mol. The van der Waals surface area contributed by atoms with Gasteiger partial charge in [-0.15, -0.1) is 0 Å². The van der Waals surface area contributed by atoms with E-state index in [1.54, 1.807) is 26.4 Å². The van der Waals surface area contributed by atoms with Crippen LogP contribution >= 0.6 is 0 Å². The van der Waals surface area contributed by atoms with Gasteiger partial charge in [0, 0.05) is 16.5 Å². The van der Waals surface area contributed by atoms with Crippen LogP contribution in [0.1, 0.15) is 15.9 Å². The molecule has 3 aromatic rings. The van der Waals surface area contributed by atoms with E-state index in [2.05, 4.69) is 18.0 Å². The maximum Gasteiger partial charge on any atom is 0.170 e. The molecule has 0 amide bonds. The van der Waals surface area contributed by atoms with E-state index in [0.717, 1.165) is 22.9 Å². The van der Waals surface area contributed by atoms with E-state index >= 15 is 0 Å². The van der Waals surface area contributed by atoms with Gasteiger partial charge in [-0.05, 0) is 37.3 Å². The second-order valence-electron chi connectivity index (χ2n) is 5.16. The molecule has 3 rings (SSSR count). The van der Waals surface area contributed by atoms with Gasteiger partial charge >= 0.3 is 0 Å². The van der Waals surface area contributed by atoms with Crippen molar-refractivity contribution in [3.63, 3.8) is 0 Å². The van der Waals surface area contributed by atoms with Crippen molar-refractivity contribution in [3.8, 4) is 22.8 Å². The highest BCUT2D eigenvalue weighted by Gasteiger charge is 2.18. The van der Waals surface area contributed by atoms with Crippen LogP contribution in [0.4, 0.5) is 0 Å². The summed E-state index contributed by atoms with van der Waals surface area (Å²) in [6.45, 7) is 2.05. The number of hydrogen-bond acceptors (Lipinski definition) is 3. The molecule has 0 bridgehead atoms. The maximum atomic E-state index is 11.4. The van der Waals surface area contributed by atoms with E-state index in [-0.39, 0.29) is 0 Å². The average molecular weight is 295 g/mol. The number of methoxy groups -OCH3 is 2. The lowest BCUT2D eigenvalue weighted by atomic mass is 10.0. The zero-order chi connectivity index (χ0) is 15.7. The van der Waals surface area contributed by atoms with Crippen molar-refractivity contribution in [2.45, 2.75) is 6.92 Å². The lowest BCUT2D eigenvalue weighted by molar-refractivity contribution is 0.112. The first-order valence-corrected chi connectivity index (χ1v) is 6.98. The summed E-state index contributed by atoms with van der Waals surface area (Å²) in [6.07, 6.45) is 0.827. The molecule has 0 saturated heterocycles. The van der Waals surface area contributed by atoms with Crippen molar-refractivity contribution in [1.29, 1.82) is 0 Å². The third-order valence-electron chi connectivity index (χ3n) is 3.75. The van der Waals surface area contributed by atoms with Gasteiger partial charge in [-0.1, -0.05) is 11.6 Å². The third-order valence-corrected chi connectivity index (χ3v) is 3.75. The van der Waals surface area contributed by atoms with Crippen molar-refractivity contribution in [2.75, 3.05) is 14.2 Å². The number of fused-ring (bicyclic) bond motifs is 1. The van der Waals surface area contributed by atoms with E-state index in [1.165, 1.54) is 5.56 Å². The molecule has 1 aromatic heterocycles. The maximum absolute atomic E-state index is 11.4. The molecule has 4 nitrogen and oxygen atoms in total. The molecule has 0 radical (unpaired) electrons. The van der Waals surface area contributed by atoms with Crippen LogP contribution in [0, 0.1) is 6.92 Å². The number of carbonyl (C=O) groups is 1. The van der Waals surface area contributed by atoms with Crippen LogP contribution in [0.5, 0.6) is 11.5 Å². The number of nitrogens with one attached hydrogen (secondary N) is 1. The summed E-state index contributed by atoms with van der Waals surface area (Å²) in [7, 11) is 3.15. The molecule has 0 atom stereocenters. The van der Waals surface area contributed by atoms with E-state index in [4.69, 9.17) is 9.47 Å². The minimum absolute atomic E-state index is 0.551. The minimum atomic E-state index is 0.551. The van der Waals surface area contributed by atoms with Gasteiger partial charge < -0.3 is 14.5 Å². The zero-order valence-electron chi connectivity index (χ0n) is 12.8. The van der Waals surface area contributed by atoms with Crippen LogP contribution in [0.25, 0.3) is 22.2 Å². The highest BCUT2D eigenvalue weighted by molar-refractivity contribution is 5.95. The van der Waals surface area contributed by atoms with Crippen molar-refractivity contribution in [2.24, 2.45) is 0 Å². The van der Waals surface area contributed by atoms with E-state index in [1.807, 2.05) is 18.2 Å². The summed E-state index contributed by atoms with van der Waals surface area (Å²) < 4.78 is 10.8. The lowest BCUT2D eigenvalue weighted by Gasteiger charge is -2.13. The predicted octanol–water partition coefficient (Wildman–Crippen LogP) is 3.97. The van der Waals surface area contributed by atoms with Gasteiger partial charge in [0.15, 0.2) is 17.8 Å². The Kier molecular flexibility index (Phi) is 3.59. The number of hydrogen-bond donors (Lipinski definition) is 1. The molecule has 0 spiro atoms. The summed E-state index contributed by atoms with van der Waals surface area (Å²) >= 11 is 0. The smallest absolute Gasteiger partial charge is 0.170 e. The van der Waals surface area contributed by atoms with Crippen LogP contribution in [-0.4, -0.2) is 25.5 Å². The molecule has 0 aliphatic heterocycles. The molecule has 0 unspecified atom stereocenters. The molecule has 1 N–H and O–H groups in total. The molecule has 0 fully saturated rings. The first-order chi connectivity index (χ1) is 10.7. The number of aromatic nitrogens is 1. The van der Waals surface area contributed by atoms with Crippen LogP contribution in [0.2, 0.25) is 0 Å². The second kappa shape index (κ2) is 5.56. The fourth-order valence-corrected chi connectivity index (χ4v) is 2.70. The number of carbonyl (C=O) groups excluding carboxylic acids is 1. The second-order valence-corrected chi connectivity index (χ2v) is 5.16. The van der Waals surface area contributed by atoms with Gasteiger partial charge in [-0.2, -0.15) is 0 Å². The Morgan fingerprint density at radius 1 is 1.05 bits per heavy atom. The van der Waals surface area contributed by atoms with Crippen molar-refractivity contribution in [3.05, 3.63) is 47.5 Å². The molecular weight excluding hydrogens is 278 g/mol. The van der Waals surface area contributed by atoms with Gasteiger partial charge in [-0.25, -0.2) is 0 Å². The summed E-state index contributed by atoms with van der Waals surface area (Å²) in [5.74, 6) is 1.15. The summed E-state index contributed by atoms with van der Waals surface area (Å²) in [6, 6.07) is 11.7. The van der Waals surface area contributed by atoms with Gasteiger partial charge in [-0.3, -0.25) is 4.79 Å². The average Bonchev–Trinajstić information content (AvgIpc) is 2.95. The van der Waals surface area contributed by atoms with E-state index in [0.29, 0.717) is 22.6 Å². The number of aldehydes is 1.